The first kappa shape index (κ1) is 11.2. The fourth-order valence-corrected chi connectivity index (χ4v) is 2.61. The highest BCUT2D eigenvalue weighted by atomic mass is 16.5. The van der Waals surface area contributed by atoms with E-state index in [0.29, 0.717) is 5.92 Å². The number of ether oxygens (including phenoxy) is 2. The van der Waals surface area contributed by atoms with Crippen molar-refractivity contribution in [1.29, 1.82) is 0 Å². The lowest BCUT2D eigenvalue weighted by atomic mass is 9.98. The third-order valence-electron chi connectivity index (χ3n) is 3.52. The normalized spacial score (nSPS) is 30.4. The highest BCUT2D eigenvalue weighted by Crippen LogP contribution is 2.29. The predicted molar refractivity (Wildman–Crippen MR) is 63.5 cm³/mol. The van der Waals surface area contributed by atoms with Crippen molar-refractivity contribution in [2.75, 3.05) is 19.8 Å². The third kappa shape index (κ3) is 2.38. The molecule has 2 saturated heterocycles. The van der Waals surface area contributed by atoms with E-state index in [1.165, 1.54) is 18.5 Å². The fraction of sp³-hybridized carbons (Fsp3) is 0.692. The number of hydrogen-bond acceptors (Lipinski definition) is 3. The Morgan fingerprint density at radius 3 is 3.06 bits per heavy atom. The second-order valence-corrected chi connectivity index (χ2v) is 4.73. The van der Waals surface area contributed by atoms with Crippen LogP contribution in [0.4, 0.5) is 0 Å². The van der Waals surface area contributed by atoms with Crippen LogP contribution in [0.2, 0.25) is 0 Å². The maximum absolute atomic E-state index is 5.80. The third-order valence-corrected chi connectivity index (χ3v) is 3.52. The summed E-state index contributed by atoms with van der Waals surface area (Å²) in [5.74, 6) is 0.372. The van der Waals surface area contributed by atoms with E-state index in [-0.39, 0.29) is 6.23 Å². The van der Waals surface area contributed by atoms with Gasteiger partial charge < -0.3 is 9.47 Å². The summed E-state index contributed by atoms with van der Waals surface area (Å²) in [6.07, 6.45) is 8.84. The Bertz CT molecular complexity index is 320. The van der Waals surface area contributed by atoms with Crippen molar-refractivity contribution in [3.8, 4) is 0 Å². The average Bonchev–Trinajstić information content (AvgIpc) is 2.90. The Morgan fingerprint density at radius 2 is 2.29 bits per heavy atom. The highest BCUT2D eigenvalue weighted by molar-refractivity contribution is 5.14. The van der Waals surface area contributed by atoms with E-state index >= 15 is 0 Å². The zero-order chi connectivity index (χ0) is 11.5. The lowest BCUT2D eigenvalue weighted by Crippen LogP contribution is -2.25. The maximum atomic E-state index is 5.80. The second kappa shape index (κ2) is 5.19. The van der Waals surface area contributed by atoms with Crippen LogP contribution in [0, 0.1) is 6.42 Å². The summed E-state index contributed by atoms with van der Waals surface area (Å²) in [5, 5.41) is 4.43. The molecular formula is C13H19N2O2. The molecule has 0 bridgehead atoms. The van der Waals surface area contributed by atoms with Crippen LogP contribution in [0.5, 0.6) is 0 Å². The molecule has 4 heteroatoms. The Labute approximate surface area is 102 Å². The second-order valence-electron chi connectivity index (χ2n) is 4.73. The molecule has 2 fully saturated rings. The Balaban J connectivity index is 1.77. The van der Waals surface area contributed by atoms with Gasteiger partial charge in [-0.3, -0.25) is 0 Å². The number of hydrogen-bond donors (Lipinski definition) is 0. The molecule has 0 aromatic carbocycles. The largest absolute Gasteiger partial charge is 0.381 e. The van der Waals surface area contributed by atoms with E-state index in [1.807, 2.05) is 6.20 Å². The van der Waals surface area contributed by atoms with Crippen molar-refractivity contribution in [1.82, 2.24) is 9.78 Å². The molecule has 1 aromatic heterocycles. The van der Waals surface area contributed by atoms with Crippen molar-refractivity contribution in [3.05, 3.63) is 24.4 Å². The van der Waals surface area contributed by atoms with Gasteiger partial charge in [0.1, 0.15) is 6.23 Å². The van der Waals surface area contributed by atoms with Crippen LogP contribution < -0.4 is 0 Å². The van der Waals surface area contributed by atoms with Gasteiger partial charge in [-0.25, -0.2) is 4.68 Å². The molecule has 2 atom stereocenters. The first-order chi connectivity index (χ1) is 8.45. The number of rotatable bonds is 2. The van der Waals surface area contributed by atoms with E-state index in [4.69, 9.17) is 9.47 Å². The average molecular weight is 235 g/mol. The van der Waals surface area contributed by atoms with Crippen molar-refractivity contribution in [3.63, 3.8) is 0 Å². The van der Waals surface area contributed by atoms with Gasteiger partial charge in [-0.15, -0.1) is 0 Å². The van der Waals surface area contributed by atoms with Gasteiger partial charge in [-0.1, -0.05) is 0 Å². The summed E-state index contributed by atoms with van der Waals surface area (Å²) in [5.41, 5.74) is 1.23. The van der Waals surface area contributed by atoms with Crippen LogP contribution in [0.15, 0.2) is 12.3 Å². The molecule has 0 amide bonds. The van der Waals surface area contributed by atoms with E-state index in [9.17, 15) is 0 Å². The molecule has 0 aliphatic carbocycles. The van der Waals surface area contributed by atoms with Crippen molar-refractivity contribution < 1.29 is 9.47 Å². The van der Waals surface area contributed by atoms with Gasteiger partial charge in [-0.05, 0) is 38.2 Å². The Kier molecular flexibility index (Phi) is 3.43. The molecule has 4 nitrogen and oxygen atoms in total. The monoisotopic (exact) mass is 235 g/mol. The minimum Gasteiger partial charge on any atom is -0.381 e. The molecule has 17 heavy (non-hydrogen) atoms. The summed E-state index contributed by atoms with van der Waals surface area (Å²) in [6.45, 7) is 2.48. The molecule has 0 spiro atoms. The minimum absolute atomic E-state index is 0.129. The van der Waals surface area contributed by atoms with E-state index < -0.39 is 0 Å². The van der Waals surface area contributed by atoms with Crippen LogP contribution >= 0.6 is 0 Å². The molecule has 0 saturated carbocycles. The zero-order valence-corrected chi connectivity index (χ0v) is 10.0. The molecule has 2 aliphatic heterocycles. The lowest BCUT2D eigenvalue weighted by molar-refractivity contribution is -0.0424. The molecule has 2 unspecified atom stereocenters. The summed E-state index contributed by atoms with van der Waals surface area (Å²) >= 11 is 0. The van der Waals surface area contributed by atoms with Crippen LogP contribution in [0.3, 0.4) is 0 Å². The van der Waals surface area contributed by atoms with Gasteiger partial charge in [0.25, 0.3) is 0 Å². The predicted octanol–water partition coefficient (Wildman–Crippen LogP) is 2.29. The highest BCUT2D eigenvalue weighted by Gasteiger charge is 2.24. The SMILES string of the molecule is [CH]1CCOCC1c1ccnn1C1CCCCO1. The summed E-state index contributed by atoms with van der Waals surface area (Å²) in [7, 11) is 0. The minimum atomic E-state index is 0.129. The van der Waals surface area contributed by atoms with Gasteiger partial charge in [0.15, 0.2) is 0 Å². The van der Waals surface area contributed by atoms with E-state index in [0.717, 1.165) is 32.7 Å². The smallest absolute Gasteiger partial charge is 0.150 e. The van der Waals surface area contributed by atoms with E-state index in [1.54, 1.807) is 0 Å². The maximum Gasteiger partial charge on any atom is 0.150 e. The molecule has 3 heterocycles. The zero-order valence-electron chi connectivity index (χ0n) is 10.0. The number of aromatic nitrogens is 2. The quantitative estimate of drug-likeness (QED) is 0.789. The summed E-state index contributed by atoms with van der Waals surface area (Å²) < 4.78 is 13.4. The fourth-order valence-electron chi connectivity index (χ4n) is 2.61. The van der Waals surface area contributed by atoms with Crippen LogP contribution in [-0.4, -0.2) is 29.6 Å². The van der Waals surface area contributed by atoms with Crippen LogP contribution in [0.1, 0.15) is 43.5 Å². The first-order valence-corrected chi connectivity index (χ1v) is 6.51. The van der Waals surface area contributed by atoms with Crippen molar-refractivity contribution in [2.24, 2.45) is 0 Å². The van der Waals surface area contributed by atoms with Crippen molar-refractivity contribution in [2.45, 2.75) is 37.8 Å². The van der Waals surface area contributed by atoms with Gasteiger partial charge in [0, 0.05) is 31.0 Å². The molecule has 1 radical (unpaired) electrons. The van der Waals surface area contributed by atoms with Crippen LogP contribution in [-0.2, 0) is 9.47 Å². The lowest BCUT2D eigenvalue weighted by Gasteiger charge is -2.28. The topological polar surface area (TPSA) is 36.3 Å². The Hall–Kier alpha value is -0.870. The van der Waals surface area contributed by atoms with Gasteiger partial charge in [0.05, 0.1) is 6.61 Å². The molecule has 93 valence electrons. The van der Waals surface area contributed by atoms with Gasteiger partial charge in [-0.2, -0.15) is 5.10 Å². The summed E-state index contributed by atoms with van der Waals surface area (Å²) in [4.78, 5) is 0. The van der Waals surface area contributed by atoms with Crippen molar-refractivity contribution >= 4 is 0 Å². The molecular weight excluding hydrogens is 216 g/mol. The Morgan fingerprint density at radius 1 is 1.29 bits per heavy atom. The van der Waals surface area contributed by atoms with Gasteiger partial charge >= 0.3 is 0 Å². The molecule has 3 rings (SSSR count). The molecule has 2 aliphatic rings. The number of nitrogens with zero attached hydrogens (tertiary/aromatic N) is 2. The van der Waals surface area contributed by atoms with E-state index in [2.05, 4.69) is 22.3 Å². The van der Waals surface area contributed by atoms with Gasteiger partial charge in [0.2, 0.25) is 0 Å². The van der Waals surface area contributed by atoms with Crippen LogP contribution in [0.25, 0.3) is 0 Å². The standard InChI is InChI=1S/C13H19N2O2/c1-2-9-17-13(5-1)15-12(6-7-14-15)11-4-3-8-16-10-11/h4,6-7,11,13H,1-3,5,8-10H2. The molecule has 1 aromatic rings. The summed E-state index contributed by atoms with van der Waals surface area (Å²) in [6, 6.07) is 2.09. The molecule has 0 N–H and O–H groups in total. The first-order valence-electron chi connectivity index (χ1n) is 6.51.